The second kappa shape index (κ2) is 7.79. The summed E-state index contributed by atoms with van der Waals surface area (Å²) < 4.78 is 0. The third kappa shape index (κ3) is 3.65. The second-order valence-corrected chi connectivity index (χ2v) is 8.55. The predicted octanol–water partition coefficient (Wildman–Crippen LogP) is 2.21. The summed E-state index contributed by atoms with van der Waals surface area (Å²) in [5.41, 5.74) is 3.10. The van der Waals surface area contributed by atoms with Crippen molar-refractivity contribution in [2.24, 2.45) is 0 Å². The molecule has 0 aromatic carbocycles. The molecular weight excluding hydrogens is 352 g/mol. The molecule has 2 fully saturated rings. The molecule has 0 aliphatic carbocycles. The van der Waals surface area contributed by atoms with E-state index in [-0.39, 0.29) is 5.91 Å². The van der Waals surface area contributed by atoms with E-state index >= 15 is 0 Å². The van der Waals surface area contributed by atoms with Gasteiger partial charge in [0.1, 0.15) is 0 Å². The molecule has 2 aliphatic rings. The van der Waals surface area contributed by atoms with Crippen molar-refractivity contribution in [2.75, 3.05) is 39.3 Å². The Morgan fingerprint density at radius 2 is 1.79 bits per heavy atom. The van der Waals surface area contributed by atoms with E-state index in [1.165, 1.54) is 25.9 Å². The van der Waals surface area contributed by atoms with Gasteiger partial charge in [-0.15, -0.1) is 0 Å². The monoisotopic (exact) mass is 384 g/mol. The highest BCUT2D eigenvalue weighted by molar-refractivity contribution is 6.06. The summed E-state index contributed by atoms with van der Waals surface area (Å²) in [5.74, 6) is 0.106. The number of aromatic nitrogens is 3. The van der Waals surface area contributed by atoms with E-state index in [1.54, 1.807) is 0 Å². The van der Waals surface area contributed by atoms with Crippen LogP contribution < -0.4 is 0 Å². The lowest BCUT2D eigenvalue weighted by Crippen LogP contribution is -2.54. The van der Waals surface area contributed by atoms with Gasteiger partial charge in [0.25, 0.3) is 5.91 Å². The maximum Gasteiger partial charge on any atom is 0.254 e. The molecule has 0 bridgehead atoms. The van der Waals surface area contributed by atoms with Crippen molar-refractivity contribution in [3.8, 4) is 0 Å². The fourth-order valence-corrected chi connectivity index (χ4v) is 4.70. The maximum atomic E-state index is 13.2. The summed E-state index contributed by atoms with van der Waals surface area (Å²) in [6, 6.07) is 3.21. The van der Waals surface area contributed by atoms with Gasteiger partial charge in [0.05, 0.1) is 10.9 Å². The summed E-state index contributed by atoms with van der Waals surface area (Å²) in [6.07, 6.45) is 2.48. The molecule has 1 N–H and O–H groups in total. The van der Waals surface area contributed by atoms with Gasteiger partial charge >= 0.3 is 0 Å². The van der Waals surface area contributed by atoms with Gasteiger partial charge in [0.2, 0.25) is 0 Å². The molecule has 7 heteroatoms. The van der Waals surface area contributed by atoms with Crippen molar-refractivity contribution in [1.82, 2.24) is 29.9 Å². The van der Waals surface area contributed by atoms with Crippen molar-refractivity contribution in [2.45, 2.75) is 52.6 Å². The molecule has 1 amide bonds. The SMILES string of the molecule is Cc1cc(C(=O)N2CCN(C3CCN(C(C)C)CC3)CC2)c2c(C)[nH]nc2n1. The van der Waals surface area contributed by atoms with Crippen LogP contribution >= 0.6 is 0 Å². The van der Waals surface area contributed by atoms with E-state index in [0.29, 0.717) is 17.7 Å². The number of likely N-dealkylation sites (tertiary alicyclic amines) is 1. The Balaban J connectivity index is 1.41. The lowest BCUT2D eigenvalue weighted by molar-refractivity contribution is 0.0418. The number of amides is 1. The topological polar surface area (TPSA) is 68.4 Å². The summed E-state index contributed by atoms with van der Waals surface area (Å²) in [4.78, 5) is 24.9. The molecule has 0 saturated carbocycles. The molecule has 2 aromatic heterocycles. The van der Waals surface area contributed by atoms with Crippen LogP contribution in [0.5, 0.6) is 0 Å². The number of aromatic amines is 1. The van der Waals surface area contributed by atoms with Crippen LogP contribution in [0.2, 0.25) is 0 Å². The number of nitrogens with zero attached hydrogens (tertiary/aromatic N) is 5. The van der Waals surface area contributed by atoms with Crippen LogP contribution in [0.25, 0.3) is 11.0 Å². The van der Waals surface area contributed by atoms with Gasteiger partial charge in [-0.3, -0.25) is 14.8 Å². The largest absolute Gasteiger partial charge is 0.336 e. The van der Waals surface area contributed by atoms with Gasteiger partial charge in [-0.1, -0.05) is 0 Å². The number of H-pyrrole nitrogens is 1. The molecule has 0 atom stereocenters. The fraction of sp³-hybridized carbons (Fsp3) is 0.667. The molecule has 0 spiro atoms. The first-order chi connectivity index (χ1) is 13.4. The number of pyridine rings is 1. The van der Waals surface area contributed by atoms with Crippen LogP contribution in [-0.2, 0) is 0 Å². The number of carbonyl (C=O) groups excluding carboxylic acids is 1. The number of carbonyl (C=O) groups is 1. The summed E-state index contributed by atoms with van der Waals surface area (Å²) in [6.45, 7) is 14.3. The van der Waals surface area contributed by atoms with Gasteiger partial charge in [-0.2, -0.15) is 5.10 Å². The van der Waals surface area contributed by atoms with Gasteiger partial charge < -0.3 is 9.80 Å². The minimum absolute atomic E-state index is 0.106. The Morgan fingerprint density at radius 3 is 2.43 bits per heavy atom. The zero-order valence-corrected chi connectivity index (χ0v) is 17.5. The Labute approximate surface area is 167 Å². The number of hydrogen-bond acceptors (Lipinski definition) is 5. The van der Waals surface area contributed by atoms with Gasteiger partial charge in [-0.05, 0) is 59.7 Å². The van der Waals surface area contributed by atoms with Gasteiger partial charge in [0, 0.05) is 49.7 Å². The lowest BCUT2D eigenvalue weighted by Gasteiger charge is -2.43. The number of piperidine rings is 1. The number of rotatable bonds is 3. The number of nitrogens with one attached hydrogen (secondary N) is 1. The third-order valence-corrected chi connectivity index (χ3v) is 6.41. The molecule has 0 unspecified atom stereocenters. The standard InChI is InChI=1S/C21H32N6O/c1-14(2)25-7-5-17(6-8-25)26-9-11-27(12-10-26)21(28)18-13-15(3)22-20-19(18)16(4)23-24-20/h13-14,17H,5-12H2,1-4H3,(H,22,23,24). The summed E-state index contributed by atoms with van der Waals surface area (Å²) >= 11 is 0. The molecule has 4 heterocycles. The fourth-order valence-electron chi connectivity index (χ4n) is 4.70. The summed E-state index contributed by atoms with van der Waals surface area (Å²) in [7, 11) is 0. The van der Waals surface area contributed by atoms with Crippen LogP contribution in [0.15, 0.2) is 6.07 Å². The van der Waals surface area contributed by atoms with E-state index in [2.05, 4.69) is 38.8 Å². The lowest BCUT2D eigenvalue weighted by atomic mass is 10.0. The predicted molar refractivity (Wildman–Crippen MR) is 111 cm³/mol. The van der Waals surface area contributed by atoms with Crippen LogP contribution in [0.1, 0.15) is 48.4 Å². The van der Waals surface area contributed by atoms with E-state index < -0.39 is 0 Å². The first kappa shape index (κ1) is 19.3. The Bertz CT molecular complexity index is 844. The zero-order valence-electron chi connectivity index (χ0n) is 17.5. The average molecular weight is 385 g/mol. The number of piperazine rings is 1. The Morgan fingerprint density at radius 1 is 1.11 bits per heavy atom. The Kier molecular flexibility index (Phi) is 5.38. The highest BCUT2D eigenvalue weighted by atomic mass is 16.2. The molecule has 4 rings (SSSR count). The third-order valence-electron chi connectivity index (χ3n) is 6.41. The molecule has 152 valence electrons. The molecule has 28 heavy (non-hydrogen) atoms. The van der Waals surface area contributed by atoms with Crippen LogP contribution in [0, 0.1) is 13.8 Å². The quantitative estimate of drug-likeness (QED) is 0.879. The van der Waals surface area contributed by atoms with Gasteiger partial charge in [0.15, 0.2) is 5.65 Å². The smallest absolute Gasteiger partial charge is 0.254 e. The minimum Gasteiger partial charge on any atom is -0.336 e. The molecule has 0 radical (unpaired) electrons. The first-order valence-corrected chi connectivity index (χ1v) is 10.5. The zero-order chi connectivity index (χ0) is 19.8. The van der Waals surface area contributed by atoms with E-state index in [0.717, 1.165) is 48.5 Å². The highest BCUT2D eigenvalue weighted by Crippen LogP contribution is 2.24. The molecular formula is C21H32N6O. The molecule has 2 aromatic rings. The minimum atomic E-state index is 0.106. The van der Waals surface area contributed by atoms with Crippen molar-refractivity contribution in [1.29, 1.82) is 0 Å². The van der Waals surface area contributed by atoms with Crippen LogP contribution in [0.4, 0.5) is 0 Å². The second-order valence-electron chi connectivity index (χ2n) is 8.55. The molecule has 7 nitrogen and oxygen atoms in total. The van der Waals surface area contributed by atoms with E-state index in [9.17, 15) is 4.79 Å². The van der Waals surface area contributed by atoms with E-state index in [1.807, 2.05) is 24.8 Å². The molecule has 2 aliphatic heterocycles. The number of aryl methyl sites for hydroxylation is 2. The average Bonchev–Trinajstić information content (AvgIpc) is 3.07. The van der Waals surface area contributed by atoms with Crippen LogP contribution in [-0.4, -0.2) is 87.1 Å². The first-order valence-electron chi connectivity index (χ1n) is 10.5. The van der Waals surface area contributed by atoms with Crippen molar-refractivity contribution in [3.63, 3.8) is 0 Å². The van der Waals surface area contributed by atoms with E-state index in [4.69, 9.17) is 0 Å². The highest BCUT2D eigenvalue weighted by Gasteiger charge is 2.30. The Hall–Kier alpha value is -1.99. The van der Waals surface area contributed by atoms with Crippen molar-refractivity contribution < 1.29 is 4.79 Å². The van der Waals surface area contributed by atoms with Crippen molar-refractivity contribution >= 4 is 16.9 Å². The number of hydrogen-bond donors (Lipinski definition) is 1. The van der Waals surface area contributed by atoms with Crippen molar-refractivity contribution in [3.05, 3.63) is 23.0 Å². The maximum absolute atomic E-state index is 13.2. The normalized spacial score (nSPS) is 20.4. The van der Waals surface area contributed by atoms with Crippen LogP contribution in [0.3, 0.4) is 0 Å². The number of fused-ring (bicyclic) bond motifs is 1. The van der Waals surface area contributed by atoms with Gasteiger partial charge in [-0.25, -0.2) is 4.98 Å². The summed E-state index contributed by atoms with van der Waals surface area (Å²) in [5, 5.41) is 8.07. The molecule has 2 saturated heterocycles.